The fourth-order valence-electron chi connectivity index (χ4n) is 2.18. The molecular formula is C18H21FN2O3S2. The molecule has 1 N–H and O–H groups in total. The van der Waals surface area contributed by atoms with Crippen LogP contribution in [0.15, 0.2) is 46.2 Å². The minimum Gasteiger partial charge on any atom is -0.325 e. The van der Waals surface area contributed by atoms with Crippen LogP contribution in [0.25, 0.3) is 0 Å². The van der Waals surface area contributed by atoms with E-state index in [-0.39, 0.29) is 22.4 Å². The van der Waals surface area contributed by atoms with E-state index in [4.69, 9.17) is 0 Å². The minimum atomic E-state index is -3.59. The summed E-state index contributed by atoms with van der Waals surface area (Å²) in [5.74, 6) is -0.459. The lowest BCUT2D eigenvalue weighted by atomic mass is 10.1. The average molecular weight is 397 g/mol. The second-order valence-corrected chi connectivity index (χ2v) is 9.19. The number of carbonyl (C=O) groups excluding carboxylic acids is 1. The van der Waals surface area contributed by atoms with Crippen LogP contribution in [0.3, 0.4) is 0 Å². The van der Waals surface area contributed by atoms with E-state index in [9.17, 15) is 17.6 Å². The second-order valence-electron chi connectivity index (χ2n) is 5.99. The quantitative estimate of drug-likeness (QED) is 0.760. The first-order valence-corrected chi connectivity index (χ1v) is 10.3. The summed E-state index contributed by atoms with van der Waals surface area (Å²) in [6, 6.07) is 8.94. The van der Waals surface area contributed by atoms with Gasteiger partial charge in [-0.1, -0.05) is 0 Å². The number of hydrogen-bond donors (Lipinski definition) is 1. The molecule has 8 heteroatoms. The third-order valence-corrected chi connectivity index (χ3v) is 6.68. The highest BCUT2D eigenvalue weighted by atomic mass is 32.2. The number of thioether (sulfide) groups is 1. The van der Waals surface area contributed by atoms with Crippen molar-refractivity contribution in [3.05, 3.63) is 53.3 Å². The van der Waals surface area contributed by atoms with E-state index in [1.165, 1.54) is 44.1 Å². The van der Waals surface area contributed by atoms with Crippen LogP contribution in [0.1, 0.15) is 11.1 Å². The van der Waals surface area contributed by atoms with Crippen molar-refractivity contribution in [1.82, 2.24) is 4.31 Å². The van der Waals surface area contributed by atoms with E-state index < -0.39 is 10.0 Å². The molecule has 140 valence electrons. The van der Waals surface area contributed by atoms with Crippen molar-refractivity contribution in [2.75, 3.05) is 25.2 Å². The van der Waals surface area contributed by atoms with Gasteiger partial charge >= 0.3 is 0 Å². The standard InChI is InChI=1S/C18H21FN2O3S2/c1-12-9-16(26(23,24)21(3)4)10-17(13(12)2)20-18(22)11-25-15-7-5-14(19)6-8-15/h5-10H,11H2,1-4H3,(H,20,22). The first-order valence-electron chi connectivity index (χ1n) is 7.83. The maximum absolute atomic E-state index is 12.9. The van der Waals surface area contributed by atoms with Gasteiger partial charge in [-0.3, -0.25) is 4.79 Å². The lowest BCUT2D eigenvalue weighted by molar-refractivity contribution is -0.113. The third-order valence-electron chi connectivity index (χ3n) is 3.88. The Hall–Kier alpha value is -1.90. The number of nitrogens with one attached hydrogen (secondary N) is 1. The van der Waals surface area contributed by atoms with Crippen LogP contribution >= 0.6 is 11.8 Å². The van der Waals surface area contributed by atoms with E-state index in [0.717, 1.165) is 20.3 Å². The Balaban J connectivity index is 2.16. The zero-order chi connectivity index (χ0) is 19.5. The van der Waals surface area contributed by atoms with Gasteiger partial charge < -0.3 is 5.32 Å². The summed E-state index contributed by atoms with van der Waals surface area (Å²) in [4.78, 5) is 13.2. The second kappa shape index (κ2) is 8.20. The van der Waals surface area contributed by atoms with Crippen LogP contribution in [0.5, 0.6) is 0 Å². The summed E-state index contributed by atoms with van der Waals surface area (Å²) in [6.45, 7) is 3.62. The molecule has 0 heterocycles. The maximum atomic E-state index is 12.9. The van der Waals surface area contributed by atoms with Gasteiger partial charge in [0.05, 0.1) is 10.6 Å². The van der Waals surface area contributed by atoms with Crippen molar-refractivity contribution < 1.29 is 17.6 Å². The molecule has 0 saturated heterocycles. The largest absolute Gasteiger partial charge is 0.325 e. The molecule has 2 rings (SSSR count). The van der Waals surface area contributed by atoms with Gasteiger partial charge in [-0.05, 0) is 61.4 Å². The van der Waals surface area contributed by atoms with Gasteiger partial charge in [0.15, 0.2) is 0 Å². The monoisotopic (exact) mass is 396 g/mol. The highest BCUT2D eigenvalue weighted by Gasteiger charge is 2.20. The predicted molar refractivity (Wildman–Crippen MR) is 103 cm³/mol. The summed E-state index contributed by atoms with van der Waals surface area (Å²) in [5.41, 5.74) is 2.05. The highest BCUT2D eigenvalue weighted by Crippen LogP contribution is 2.26. The minimum absolute atomic E-state index is 0.132. The Morgan fingerprint density at radius 1 is 1.15 bits per heavy atom. The molecule has 0 radical (unpaired) electrons. The summed E-state index contributed by atoms with van der Waals surface area (Å²) in [6.07, 6.45) is 0. The summed E-state index contributed by atoms with van der Waals surface area (Å²) >= 11 is 1.28. The first kappa shape index (κ1) is 20.4. The van der Waals surface area contributed by atoms with E-state index in [1.54, 1.807) is 25.1 Å². The molecule has 0 fully saturated rings. The highest BCUT2D eigenvalue weighted by molar-refractivity contribution is 8.00. The number of amides is 1. The van der Waals surface area contributed by atoms with Gasteiger partial charge in [0, 0.05) is 24.7 Å². The number of nitrogens with zero attached hydrogens (tertiary/aromatic N) is 1. The molecule has 1 amide bonds. The Labute approximate surface area is 157 Å². The predicted octanol–water partition coefficient (Wildman–Crippen LogP) is 3.42. The lowest BCUT2D eigenvalue weighted by Crippen LogP contribution is -2.23. The van der Waals surface area contributed by atoms with E-state index >= 15 is 0 Å². The molecule has 5 nitrogen and oxygen atoms in total. The zero-order valence-electron chi connectivity index (χ0n) is 15.0. The molecule has 0 atom stereocenters. The molecule has 0 spiro atoms. The molecule has 0 aliphatic heterocycles. The van der Waals surface area contributed by atoms with Crippen LogP contribution in [-0.2, 0) is 14.8 Å². The van der Waals surface area contributed by atoms with Crippen LogP contribution in [0, 0.1) is 19.7 Å². The van der Waals surface area contributed by atoms with Crippen LogP contribution in [0.4, 0.5) is 10.1 Å². The van der Waals surface area contributed by atoms with Crippen molar-refractivity contribution in [2.24, 2.45) is 0 Å². The first-order chi connectivity index (χ1) is 12.1. The molecule has 2 aromatic rings. The fourth-order valence-corrected chi connectivity index (χ4v) is 3.89. The molecule has 26 heavy (non-hydrogen) atoms. The summed E-state index contributed by atoms with van der Waals surface area (Å²) in [5, 5.41) is 2.77. The van der Waals surface area contributed by atoms with Crippen LogP contribution in [0.2, 0.25) is 0 Å². The number of carbonyl (C=O) groups is 1. The van der Waals surface area contributed by atoms with Gasteiger partial charge in [-0.25, -0.2) is 17.1 Å². The number of benzene rings is 2. The Kier molecular flexibility index (Phi) is 6.44. The SMILES string of the molecule is Cc1cc(S(=O)(=O)N(C)C)cc(NC(=O)CSc2ccc(F)cc2)c1C. The maximum Gasteiger partial charge on any atom is 0.242 e. The molecule has 2 aromatic carbocycles. The van der Waals surface area contributed by atoms with Crippen molar-refractivity contribution >= 4 is 33.4 Å². The molecule has 0 saturated carbocycles. The van der Waals surface area contributed by atoms with E-state index in [0.29, 0.717) is 5.69 Å². The molecule has 0 aliphatic rings. The lowest BCUT2D eigenvalue weighted by Gasteiger charge is -2.16. The molecule has 0 aliphatic carbocycles. The fraction of sp³-hybridized carbons (Fsp3) is 0.278. The number of aryl methyl sites for hydroxylation is 1. The molecular weight excluding hydrogens is 375 g/mol. The number of hydrogen-bond acceptors (Lipinski definition) is 4. The number of rotatable bonds is 6. The van der Waals surface area contributed by atoms with Gasteiger partial charge in [-0.15, -0.1) is 11.8 Å². The van der Waals surface area contributed by atoms with Gasteiger partial charge in [0.2, 0.25) is 15.9 Å². The van der Waals surface area contributed by atoms with Crippen molar-refractivity contribution in [3.63, 3.8) is 0 Å². The Bertz CT molecular complexity index is 911. The average Bonchev–Trinajstić information content (AvgIpc) is 2.58. The Morgan fingerprint density at radius 2 is 1.77 bits per heavy atom. The van der Waals surface area contributed by atoms with Crippen LogP contribution < -0.4 is 5.32 Å². The summed E-state index contributed by atoms with van der Waals surface area (Å²) in [7, 11) is -0.672. The smallest absolute Gasteiger partial charge is 0.242 e. The van der Waals surface area contributed by atoms with Gasteiger partial charge in [0.25, 0.3) is 0 Å². The molecule has 0 unspecified atom stereocenters. The van der Waals surface area contributed by atoms with Crippen molar-refractivity contribution in [1.29, 1.82) is 0 Å². The topological polar surface area (TPSA) is 66.5 Å². The summed E-state index contributed by atoms with van der Waals surface area (Å²) < 4.78 is 38.7. The number of anilines is 1. The van der Waals surface area contributed by atoms with E-state index in [1.807, 2.05) is 6.92 Å². The molecule has 0 aromatic heterocycles. The number of sulfonamides is 1. The van der Waals surface area contributed by atoms with Gasteiger partial charge in [-0.2, -0.15) is 0 Å². The number of halogens is 1. The third kappa shape index (κ3) is 4.84. The normalized spacial score (nSPS) is 11.6. The van der Waals surface area contributed by atoms with Crippen molar-refractivity contribution in [3.8, 4) is 0 Å². The van der Waals surface area contributed by atoms with Gasteiger partial charge in [0.1, 0.15) is 5.82 Å². The molecule has 0 bridgehead atoms. The van der Waals surface area contributed by atoms with Crippen molar-refractivity contribution in [2.45, 2.75) is 23.6 Å². The van der Waals surface area contributed by atoms with E-state index in [2.05, 4.69) is 5.32 Å². The Morgan fingerprint density at radius 3 is 2.35 bits per heavy atom. The van der Waals surface area contributed by atoms with Crippen LogP contribution in [-0.4, -0.2) is 38.5 Å². The zero-order valence-corrected chi connectivity index (χ0v) is 16.7.